The van der Waals surface area contributed by atoms with Gasteiger partial charge in [-0.25, -0.2) is 9.88 Å². The maximum absolute atomic E-state index is 13.0. The molecule has 0 atom stereocenters. The second-order valence-corrected chi connectivity index (χ2v) is 7.39. The lowest BCUT2D eigenvalue weighted by atomic mass is 10.2. The number of benzene rings is 1. The van der Waals surface area contributed by atoms with Crippen molar-refractivity contribution in [2.45, 2.75) is 0 Å². The standard InChI is InChI=1S/C20H18Cl2N4O3/c1-29-15-4-2-3-13(11-15)24-7-9-25(10-8-24)18-17(22)19(27)26(20(18)28)14-5-6-16(21)23-12-14/h2-6,11-12H,7-10H2,1H3. The van der Waals surface area contributed by atoms with E-state index in [1.807, 2.05) is 29.2 Å². The molecule has 0 N–H and O–H groups in total. The number of nitrogens with zero attached hydrogens (tertiary/aromatic N) is 4. The second-order valence-electron chi connectivity index (χ2n) is 6.62. The lowest BCUT2D eigenvalue weighted by Crippen LogP contribution is -2.47. The highest BCUT2D eigenvalue weighted by atomic mass is 35.5. The topological polar surface area (TPSA) is 66.0 Å². The number of methoxy groups -OCH3 is 1. The van der Waals surface area contributed by atoms with Gasteiger partial charge < -0.3 is 14.5 Å². The molecule has 0 radical (unpaired) electrons. The van der Waals surface area contributed by atoms with Gasteiger partial charge in [-0.2, -0.15) is 0 Å². The number of amides is 2. The van der Waals surface area contributed by atoms with Crippen LogP contribution >= 0.6 is 23.2 Å². The van der Waals surface area contributed by atoms with Gasteiger partial charge >= 0.3 is 0 Å². The Bertz CT molecular complexity index is 985. The predicted molar refractivity (Wildman–Crippen MR) is 111 cm³/mol. The lowest BCUT2D eigenvalue weighted by molar-refractivity contribution is -0.121. The fourth-order valence-electron chi connectivity index (χ4n) is 3.50. The summed E-state index contributed by atoms with van der Waals surface area (Å²) >= 11 is 12.1. The van der Waals surface area contributed by atoms with Crippen molar-refractivity contribution in [3.8, 4) is 5.75 Å². The zero-order chi connectivity index (χ0) is 20.5. The first-order chi connectivity index (χ1) is 14.0. The van der Waals surface area contributed by atoms with Crippen LogP contribution in [-0.2, 0) is 9.59 Å². The van der Waals surface area contributed by atoms with Crippen LogP contribution in [0.5, 0.6) is 5.75 Å². The predicted octanol–water partition coefficient (Wildman–Crippen LogP) is 2.89. The number of rotatable bonds is 4. The van der Waals surface area contributed by atoms with Gasteiger partial charge in [0, 0.05) is 37.9 Å². The number of halogens is 2. The monoisotopic (exact) mass is 432 g/mol. The minimum absolute atomic E-state index is 0.0696. The summed E-state index contributed by atoms with van der Waals surface area (Å²) in [5.41, 5.74) is 1.62. The van der Waals surface area contributed by atoms with E-state index in [1.165, 1.54) is 12.3 Å². The number of hydrogen-bond acceptors (Lipinski definition) is 6. The summed E-state index contributed by atoms with van der Waals surface area (Å²) in [6, 6.07) is 10.9. The molecule has 2 aliphatic rings. The molecule has 4 rings (SSSR count). The van der Waals surface area contributed by atoms with E-state index >= 15 is 0 Å². The van der Waals surface area contributed by atoms with Crippen LogP contribution in [0.1, 0.15) is 0 Å². The summed E-state index contributed by atoms with van der Waals surface area (Å²) in [6.45, 7) is 2.50. The van der Waals surface area contributed by atoms with E-state index in [-0.39, 0.29) is 15.9 Å². The molecule has 29 heavy (non-hydrogen) atoms. The number of ether oxygens (including phenoxy) is 1. The normalized spacial score (nSPS) is 17.4. The van der Waals surface area contributed by atoms with Crippen LogP contribution < -0.4 is 14.5 Å². The minimum Gasteiger partial charge on any atom is -0.497 e. The van der Waals surface area contributed by atoms with Crippen molar-refractivity contribution in [1.29, 1.82) is 0 Å². The highest BCUT2D eigenvalue weighted by Crippen LogP contribution is 2.32. The van der Waals surface area contributed by atoms with Crippen LogP contribution in [0.2, 0.25) is 5.15 Å². The van der Waals surface area contributed by atoms with E-state index < -0.39 is 11.8 Å². The number of aromatic nitrogens is 1. The Morgan fingerprint density at radius 2 is 1.66 bits per heavy atom. The molecule has 2 amide bonds. The Labute approximate surface area is 178 Å². The molecule has 0 aliphatic carbocycles. The van der Waals surface area contributed by atoms with E-state index in [4.69, 9.17) is 27.9 Å². The Kier molecular flexibility index (Phi) is 5.34. The molecule has 150 valence electrons. The quantitative estimate of drug-likeness (QED) is 0.546. The maximum atomic E-state index is 13.0. The van der Waals surface area contributed by atoms with Gasteiger partial charge in [0.2, 0.25) is 0 Å². The minimum atomic E-state index is -0.550. The molecular formula is C20H18Cl2N4O3. The summed E-state index contributed by atoms with van der Waals surface area (Å²) in [7, 11) is 1.64. The summed E-state index contributed by atoms with van der Waals surface area (Å²) in [5.74, 6) is -0.204. The summed E-state index contributed by atoms with van der Waals surface area (Å²) in [5, 5.41) is 0.209. The molecule has 9 heteroatoms. The molecule has 0 saturated carbocycles. The molecule has 1 fully saturated rings. The molecule has 0 unspecified atom stereocenters. The Morgan fingerprint density at radius 3 is 2.31 bits per heavy atom. The molecule has 3 heterocycles. The van der Waals surface area contributed by atoms with Gasteiger partial charge in [-0.15, -0.1) is 0 Å². The van der Waals surface area contributed by atoms with Crippen molar-refractivity contribution < 1.29 is 14.3 Å². The van der Waals surface area contributed by atoms with Crippen molar-refractivity contribution in [1.82, 2.24) is 9.88 Å². The van der Waals surface area contributed by atoms with Gasteiger partial charge in [0.1, 0.15) is 21.6 Å². The second kappa shape index (κ2) is 7.93. The summed E-state index contributed by atoms with van der Waals surface area (Å²) < 4.78 is 5.29. The highest BCUT2D eigenvalue weighted by Gasteiger charge is 2.42. The Hall–Kier alpha value is -2.77. The van der Waals surface area contributed by atoms with Gasteiger partial charge in [0.25, 0.3) is 11.8 Å². The number of carbonyl (C=O) groups excluding carboxylic acids is 2. The lowest BCUT2D eigenvalue weighted by Gasteiger charge is -2.37. The zero-order valence-electron chi connectivity index (χ0n) is 15.6. The van der Waals surface area contributed by atoms with Crippen LogP contribution in [0.3, 0.4) is 0 Å². The number of carbonyl (C=O) groups is 2. The molecule has 7 nitrogen and oxygen atoms in total. The SMILES string of the molecule is COc1cccc(N2CCN(C3=C(Cl)C(=O)N(c4ccc(Cl)nc4)C3=O)CC2)c1. The van der Waals surface area contributed by atoms with Gasteiger partial charge in [-0.1, -0.05) is 29.3 Å². The van der Waals surface area contributed by atoms with Gasteiger partial charge in [0.05, 0.1) is 19.0 Å². The summed E-state index contributed by atoms with van der Waals surface area (Å²) in [6.07, 6.45) is 1.38. The number of pyridine rings is 1. The fourth-order valence-corrected chi connectivity index (χ4v) is 3.89. The maximum Gasteiger partial charge on any atom is 0.283 e. The third-order valence-electron chi connectivity index (χ3n) is 4.99. The first-order valence-corrected chi connectivity index (χ1v) is 9.79. The van der Waals surface area contributed by atoms with E-state index in [9.17, 15) is 9.59 Å². The van der Waals surface area contributed by atoms with Gasteiger partial charge in [-0.05, 0) is 24.3 Å². The largest absolute Gasteiger partial charge is 0.497 e. The molecular weight excluding hydrogens is 415 g/mol. The molecule has 2 aromatic rings. The van der Waals surface area contributed by atoms with E-state index in [0.29, 0.717) is 31.9 Å². The number of anilines is 2. The highest BCUT2D eigenvalue weighted by molar-refractivity contribution is 6.52. The number of imide groups is 1. The molecule has 2 aliphatic heterocycles. The van der Waals surface area contributed by atoms with E-state index in [0.717, 1.165) is 16.3 Å². The Balaban J connectivity index is 1.50. The molecule has 0 spiro atoms. The van der Waals surface area contributed by atoms with Gasteiger partial charge in [0.15, 0.2) is 0 Å². The smallest absolute Gasteiger partial charge is 0.283 e. The zero-order valence-corrected chi connectivity index (χ0v) is 17.2. The van der Waals surface area contributed by atoms with Crippen molar-refractivity contribution >= 4 is 46.4 Å². The van der Waals surface area contributed by atoms with Crippen LogP contribution in [0, 0.1) is 0 Å². The summed E-state index contributed by atoms with van der Waals surface area (Å²) in [4.78, 5) is 34.6. The van der Waals surface area contributed by atoms with Crippen LogP contribution in [-0.4, -0.2) is 55.0 Å². The molecule has 1 aromatic carbocycles. The number of hydrogen-bond donors (Lipinski definition) is 0. The van der Waals surface area contributed by atoms with Crippen molar-refractivity contribution in [3.63, 3.8) is 0 Å². The van der Waals surface area contributed by atoms with E-state index in [2.05, 4.69) is 9.88 Å². The first-order valence-electron chi connectivity index (χ1n) is 9.03. The van der Waals surface area contributed by atoms with Crippen molar-refractivity contribution in [2.24, 2.45) is 0 Å². The third kappa shape index (κ3) is 3.63. The van der Waals surface area contributed by atoms with Crippen molar-refractivity contribution in [3.05, 3.63) is 58.5 Å². The average molecular weight is 433 g/mol. The van der Waals surface area contributed by atoms with Crippen LogP contribution in [0.4, 0.5) is 11.4 Å². The van der Waals surface area contributed by atoms with Gasteiger partial charge in [-0.3, -0.25) is 9.59 Å². The third-order valence-corrected chi connectivity index (χ3v) is 5.55. The van der Waals surface area contributed by atoms with E-state index in [1.54, 1.807) is 13.2 Å². The molecule has 1 aromatic heterocycles. The average Bonchev–Trinajstić information content (AvgIpc) is 2.97. The molecule has 1 saturated heterocycles. The van der Waals surface area contributed by atoms with Crippen LogP contribution in [0.15, 0.2) is 53.3 Å². The first kappa shape index (κ1) is 19.5. The molecule has 0 bridgehead atoms. The Morgan fingerprint density at radius 1 is 0.931 bits per heavy atom. The number of piperazine rings is 1. The van der Waals surface area contributed by atoms with Crippen molar-refractivity contribution in [2.75, 3.05) is 43.1 Å². The van der Waals surface area contributed by atoms with Crippen LogP contribution in [0.25, 0.3) is 0 Å². The fraction of sp³-hybridized carbons (Fsp3) is 0.250.